The van der Waals surface area contributed by atoms with Gasteiger partial charge < -0.3 is 20.3 Å². The summed E-state index contributed by atoms with van der Waals surface area (Å²) in [7, 11) is 0. The van der Waals surface area contributed by atoms with E-state index in [9.17, 15) is 19.4 Å². The molecule has 162 valence electrons. The molecule has 0 fully saturated rings. The number of aliphatic hydroxyl groups is 2. The quantitative estimate of drug-likeness (QED) is 0.552. The van der Waals surface area contributed by atoms with Crippen LogP contribution < -0.4 is 5.32 Å². The molecule has 0 spiro atoms. The van der Waals surface area contributed by atoms with Gasteiger partial charge in [-0.25, -0.2) is 9.18 Å². The number of aliphatic hydroxyl groups excluding tert-OH is 2. The number of benzene rings is 3. The van der Waals surface area contributed by atoms with E-state index in [1.165, 1.54) is 12.1 Å². The summed E-state index contributed by atoms with van der Waals surface area (Å²) in [5, 5.41) is 32.0. The van der Waals surface area contributed by atoms with Crippen LogP contribution in [0.25, 0.3) is 11.1 Å². The minimum atomic E-state index is -1.55. The molecule has 1 aliphatic carbocycles. The van der Waals surface area contributed by atoms with E-state index in [2.05, 4.69) is 5.32 Å². The molecule has 3 aromatic rings. The minimum Gasteiger partial charge on any atom is -0.449 e. The number of rotatable bonds is 6. The predicted octanol–water partition coefficient (Wildman–Crippen LogP) is 3.63. The highest BCUT2D eigenvalue weighted by atomic mass is 19.1. The van der Waals surface area contributed by atoms with E-state index in [0.717, 1.165) is 28.3 Å². The molecule has 2 atom stereocenters. The highest BCUT2D eigenvalue weighted by Crippen LogP contribution is 2.44. The van der Waals surface area contributed by atoms with E-state index in [1.807, 2.05) is 48.5 Å². The normalized spacial score (nSPS) is 14.1. The summed E-state index contributed by atoms with van der Waals surface area (Å²) < 4.78 is 19.1. The molecule has 0 aliphatic heterocycles. The van der Waals surface area contributed by atoms with Crippen LogP contribution in [-0.2, 0) is 4.74 Å². The third-order valence-corrected chi connectivity index (χ3v) is 5.64. The van der Waals surface area contributed by atoms with Crippen LogP contribution in [0.1, 0.15) is 34.3 Å². The average Bonchev–Trinajstić information content (AvgIpc) is 3.14. The number of hydrogen-bond acceptors (Lipinski definition) is 5. The van der Waals surface area contributed by atoms with Gasteiger partial charge in [-0.3, -0.25) is 0 Å². The Labute approximate surface area is 184 Å². The van der Waals surface area contributed by atoms with Gasteiger partial charge in [-0.1, -0.05) is 60.7 Å². The van der Waals surface area contributed by atoms with Crippen molar-refractivity contribution in [3.63, 3.8) is 0 Å². The van der Waals surface area contributed by atoms with Crippen molar-refractivity contribution in [1.29, 1.82) is 5.26 Å². The topological polar surface area (TPSA) is 103 Å². The van der Waals surface area contributed by atoms with Crippen molar-refractivity contribution < 1.29 is 24.1 Å². The summed E-state index contributed by atoms with van der Waals surface area (Å²) >= 11 is 0. The maximum atomic E-state index is 13.7. The first-order valence-corrected chi connectivity index (χ1v) is 10.1. The molecule has 0 aromatic heterocycles. The van der Waals surface area contributed by atoms with Crippen molar-refractivity contribution in [2.45, 2.75) is 18.1 Å². The fraction of sp³-hybridized carbons (Fsp3) is 0.200. The smallest absolute Gasteiger partial charge is 0.407 e. The van der Waals surface area contributed by atoms with Gasteiger partial charge in [-0.2, -0.15) is 5.26 Å². The number of hydrogen-bond donors (Lipinski definition) is 3. The second-order valence-electron chi connectivity index (χ2n) is 7.53. The highest BCUT2D eigenvalue weighted by molar-refractivity contribution is 5.79. The Morgan fingerprint density at radius 1 is 1.03 bits per heavy atom. The van der Waals surface area contributed by atoms with Crippen molar-refractivity contribution in [3.05, 3.63) is 94.8 Å². The second-order valence-corrected chi connectivity index (χ2v) is 7.53. The minimum absolute atomic E-state index is 0.0469. The van der Waals surface area contributed by atoms with Crippen LogP contribution in [0.3, 0.4) is 0 Å². The number of carbonyl (C=O) groups excluding carboxylic acids is 1. The number of nitriles is 1. The maximum Gasteiger partial charge on any atom is 0.407 e. The number of carbonyl (C=O) groups is 1. The van der Waals surface area contributed by atoms with Crippen molar-refractivity contribution in [3.8, 4) is 17.2 Å². The van der Waals surface area contributed by atoms with Gasteiger partial charge in [0.1, 0.15) is 30.7 Å². The zero-order chi connectivity index (χ0) is 22.7. The molecular formula is C25H21FN2O4. The summed E-state index contributed by atoms with van der Waals surface area (Å²) in [6.07, 6.45) is -3.75. The van der Waals surface area contributed by atoms with Crippen LogP contribution >= 0.6 is 0 Å². The molecule has 2 unspecified atom stereocenters. The first-order chi connectivity index (χ1) is 15.5. The number of nitrogens with one attached hydrogen (secondary N) is 1. The summed E-state index contributed by atoms with van der Waals surface area (Å²) in [4.78, 5) is 12.2. The summed E-state index contributed by atoms with van der Waals surface area (Å²) in [5.41, 5.74) is 3.98. The summed E-state index contributed by atoms with van der Waals surface area (Å²) in [6, 6.07) is 21.4. The average molecular weight is 432 g/mol. The molecule has 4 rings (SSSR count). The lowest BCUT2D eigenvalue weighted by molar-refractivity contribution is 0.0182. The summed E-state index contributed by atoms with van der Waals surface area (Å²) in [5.74, 6) is -0.894. The van der Waals surface area contributed by atoms with Gasteiger partial charge >= 0.3 is 6.09 Å². The first-order valence-electron chi connectivity index (χ1n) is 10.1. The molecule has 1 aliphatic rings. The Kier molecular flexibility index (Phi) is 6.17. The van der Waals surface area contributed by atoms with Crippen LogP contribution in [0.15, 0.2) is 66.7 Å². The number of nitrogens with zero attached hydrogens (tertiary/aromatic N) is 1. The molecule has 0 saturated heterocycles. The molecule has 6 nitrogen and oxygen atoms in total. The number of ether oxygens (including phenoxy) is 1. The Morgan fingerprint density at radius 2 is 1.66 bits per heavy atom. The Balaban J connectivity index is 1.36. The van der Waals surface area contributed by atoms with E-state index in [-0.39, 0.29) is 30.2 Å². The molecule has 1 amide bonds. The number of amides is 1. The lowest BCUT2D eigenvalue weighted by Gasteiger charge is -2.20. The molecule has 0 saturated carbocycles. The van der Waals surface area contributed by atoms with Crippen molar-refractivity contribution in [1.82, 2.24) is 5.32 Å². The molecule has 7 heteroatoms. The SMILES string of the molecule is N#Cc1c(F)cccc1C(O)C(O)CNC(=O)OCC1c2ccccc2-c2ccccc21. The van der Waals surface area contributed by atoms with E-state index < -0.39 is 24.1 Å². The molecule has 3 aromatic carbocycles. The fourth-order valence-electron chi connectivity index (χ4n) is 4.06. The van der Waals surface area contributed by atoms with E-state index in [4.69, 9.17) is 10.00 Å². The monoisotopic (exact) mass is 432 g/mol. The molecule has 3 N–H and O–H groups in total. The largest absolute Gasteiger partial charge is 0.449 e. The van der Waals surface area contributed by atoms with Crippen molar-refractivity contribution >= 4 is 6.09 Å². The lowest BCUT2D eigenvalue weighted by atomic mass is 9.98. The standard InChI is InChI=1S/C25H21FN2O4/c26-22-11-5-10-19(20(22)12-27)24(30)23(29)13-28-25(31)32-14-21-17-8-3-1-6-15(17)16-7-2-4-9-18(16)21/h1-11,21,23-24,29-30H,13-14H2,(H,28,31). The van der Waals surface area contributed by atoms with Crippen LogP contribution in [0, 0.1) is 17.1 Å². The third kappa shape index (κ3) is 4.06. The lowest BCUT2D eigenvalue weighted by Crippen LogP contribution is -2.36. The third-order valence-electron chi connectivity index (χ3n) is 5.64. The van der Waals surface area contributed by atoms with Gasteiger partial charge in [-0.15, -0.1) is 0 Å². The fourth-order valence-corrected chi connectivity index (χ4v) is 4.06. The molecule has 0 radical (unpaired) electrons. The molecule has 0 bridgehead atoms. The zero-order valence-electron chi connectivity index (χ0n) is 17.0. The van der Waals surface area contributed by atoms with Crippen LogP contribution in [0.5, 0.6) is 0 Å². The van der Waals surface area contributed by atoms with Crippen LogP contribution in [0.4, 0.5) is 9.18 Å². The van der Waals surface area contributed by atoms with Gasteiger partial charge in [-0.05, 0) is 28.3 Å². The van der Waals surface area contributed by atoms with Gasteiger partial charge in [0.15, 0.2) is 0 Å². The number of halogens is 1. The molecule has 0 heterocycles. The maximum absolute atomic E-state index is 13.7. The van der Waals surface area contributed by atoms with Crippen molar-refractivity contribution in [2.24, 2.45) is 0 Å². The van der Waals surface area contributed by atoms with Crippen LogP contribution in [-0.4, -0.2) is 35.6 Å². The van der Waals surface area contributed by atoms with E-state index >= 15 is 0 Å². The highest BCUT2D eigenvalue weighted by Gasteiger charge is 2.29. The van der Waals surface area contributed by atoms with Gasteiger partial charge in [0.05, 0.1) is 5.56 Å². The second kappa shape index (κ2) is 9.18. The Bertz CT molecular complexity index is 1150. The van der Waals surface area contributed by atoms with Gasteiger partial charge in [0, 0.05) is 18.0 Å². The number of fused-ring (bicyclic) bond motifs is 3. The Morgan fingerprint density at radius 3 is 2.28 bits per heavy atom. The number of alkyl carbamates (subject to hydrolysis) is 1. The van der Waals surface area contributed by atoms with Crippen LogP contribution in [0.2, 0.25) is 0 Å². The molecule has 32 heavy (non-hydrogen) atoms. The molecular weight excluding hydrogens is 411 g/mol. The Hall–Kier alpha value is -3.73. The first kappa shape index (κ1) is 21.5. The zero-order valence-corrected chi connectivity index (χ0v) is 17.0. The summed E-state index contributed by atoms with van der Waals surface area (Å²) in [6.45, 7) is -0.222. The van der Waals surface area contributed by atoms with Gasteiger partial charge in [0.2, 0.25) is 0 Å². The van der Waals surface area contributed by atoms with Gasteiger partial charge in [0.25, 0.3) is 0 Å². The van der Waals surface area contributed by atoms with E-state index in [1.54, 1.807) is 6.07 Å². The predicted molar refractivity (Wildman–Crippen MR) is 115 cm³/mol. The van der Waals surface area contributed by atoms with Crippen molar-refractivity contribution in [2.75, 3.05) is 13.2 Å². The van der Waals surface area contributed by atoms with E-state index in [0.29, 0.717) is 0 Å².